The second kappa shape index (κ2) is 5.40. The Morgan fingerprint density at radius 1 is 1.37 bits per heavy atom. The molecule has 98 valence electrons. The third-order valence-electron chi connectivity index (χ3n) is 2.77. The molecule has 1 amide bonds. The van der Waals surface area contributed by atoms with E-state index in [-0.39, 0.29) is 5.91 Å². The van der Waals surface area contributed by atoms with Crippen LogP contribution >= 0.6 is 15.9 Å². The van der Waals surface area contributed by atoms with Gasteiger partial charge in [0.15, 0.2) is 0 Å². The first-order valence-corrected chi connectivity index (χ1v) is 6.56. The number of nitrogens with zero attached hydrogens (tertiary/aromatic N) is 1. The Bertz CT molecular complexity index is 617. The van der Waals surface area contributed by atoms with Gasteiger partial charge in [-0.1, -0.05) is 6.07 Å². The molecule has 0 spiro atoms. The van der Waals surface area contributed by atoms with Gasteiger partial charge < -0.3 is 11.1 Å². The van der Waals surface area contributed by atoms with E-state index in [2.05, 4.69) is 26.2 Å². The summed E-state index contributed by atoms with van der Waals surface area (Å²) in [6.07, 6.45) is 3.02. The van der Waals surface area contributed by atoms with Crippen LogP contribution in [0.2, 0.25) is 0 Å². The van der Waals surface area contributed by atoms with Gasteiger partial charge in [0, 0.05) is 22.6 Å². The van der Waals surface area contributed by atoms with Gasteiger partial charge in [0.25, 0.3) is 5.91 Å². The smallest absolute Gasteiger partial charge is 0.259 e. The zero-order valence-electron chi connectivity index (χ0n) is 10.7. The molecule has 0 fully saturated rings. The van der Waals surface area contributed by atoms with Gasteiger partial charge in [-0.3, -0.25) is 9.78 Å². The molecule has 3 N–H and O–H groups in total. The fourth-order valence-corrected chi connectivity index (χ4v) is 2.62. The van der Waals surface area contributed by atoms with Gasteiger partial charge in [-0.2, -0.15) is 0 Å². The minimum Gasteiger partial charge on any atom is -0.398 e. The van der Waals surface area contributed by atoms with E-state index in [4.69, 9.17) is 5.73 Å². The Hall–Kier alpha value is -1.88. The van der Waals surface area contributed by atoms with Gasteiger partial charge in [0.1, 0.15) is 0 Å². The van der Waals surface area contributed by atoms with Crippen molar-refractivity contribution in [2.45, 2.75) is 13.8 Å². The molecule has 19 heavy (non-hydrogen) atoms. The number of benzene rings is 1. The first kappa shape index (κ1) is 13.5. The van der Waals surface area contributed by atoms with Crippen molar-refractivity contribution in [1.29, 1.82) is 0 Å². The van der Waals surface area contributed by atoms with Crippen LogP contribution in [-0.2, 0) is 0 Å². The van der Waals surface area contributed by atoms with Crippen LogP contribution in [-0.4, -0.2) is 10.9 Å². The fourth-order valence-electron chi connectivity index (χ4n) is 1.85. The molecule has 0 radical (unpaired) electrons. The molecule has 0 aliphatic rings. The minimum atomic E-state index is -0.266. The number of amides is 1. The Morgan fingerprint density at radius 3 is 2.74 bits per heavy atom. The number of halogens is 1. The Morgan fingerprint density at radius 2 is 2.11 bits per heavy atom. The number of aryl methyl sites for hydroxylation is 2. The van der Waals surface area contributed by atoms with E-state index in [0.717, 1.165) is 21.3 Å². The van der Waals surface area contributed by atoms with Crippen LogP contribution in [0.5, 0.6) is 0 Å². The molecular weight excluding hydrogens is 306 g/mol. The van der Waals surface area contributed by atoms with Crippen LogP contribution in [0, 0.1) is 13.8 Å². The van der Waals surface area contributed by atoms with Crippen LogP contribution in [0.1, 0.15) is 21.5 Å². The van der Waals surface area contributed by atoms with Gasteiger partial charge in [-0.15, -0.1) is 0 Å². The minimum absolute atomic E-state index is 0.266. The second-order valence-electron chi connectivity index (χ2n) is 4.36. The molecule has 2 rings (SSSR count). The number of pyridine rings is 1. The predicted octanol–water partition coefficient (Wildman–Crippen LogP) is 3.30. The van der Waals surface area contributed by atoms with E-state index < -0.39 is 0 Å². The molecule has 0 saturated carbocycles. The quantitative estimate of drug-likeness (QED) is 0.892. The molecular formula is C14H14BrN3O. The van der Waals surface area contributed by atoms with Crippen LogP contribution in [0.3, 0.4) is 0 Å². The summed E-state index contributed by atoms with van der Waals surface area (Å²) in [6.45, 7) is 3.95. The maximum atomic E-state index is 12.2. The summed E-state index contributed by atoms with van der Waals surface area (Å²) in [6, 6.07) is 5.56. The second-order valence-corrected chi connectivity index (χ2v) is 5.21. The van der Waals surface area contributed by atoms with Crippen LogP contribution < -0.4 is 11.1 Å². The number of nitrogens with two attached hydrogens (primary N) is 1. The highest BCUT2D eigenvalue weighted by Gasteiger charge is 2.13. The highest BCUT2D eigenvalue weighted by atomic mass is 79.9. The summed E-state index contributed by atoms with van der Waals surface area (Å²) in [7, 11) is 0. The number of carbonyl (C=O) groups is 1. The number of carbonyl (C=O) groups excluding carboxylic acids is 1. The molecule has 0 unspecified atom stereocenters. The standard InChI is InChI=1S/C14H14BrN3O/c1-8-5-9(2)13(11(15)6-8)18-14(19)10-7-17-4-3-12(10)16/h3-7H,1-2H3,(H2,16,17)(H,18,19). The first-order valence-electron chi connectivity index (χ1n) is 5.76. The Labute approximate surface area is 120 Å². The molecule has 0 aliphatic heterocycles. The number of rotatable bonds is 2. The number of anilines is 2. The lowest BCUT2D eigenvalue weighted by Gasteiger charge is -2.12. The van der Waals surface area contributed by atoms with E-state index in [1.165, 1.54) is 6.20 Å². The zero-order valence-corrected chi connectivity index (χ0v) is 12.3. The monoisotopic (exact) mass is 319 g/mol. The number of hydrogen-bond donors (Lipinski definition) is 2. The fraction of sp³-hybridized carbons (Fsp3) is 0.143. The summed E-state index contributed by atoms with van der Waals surface area (Å²) in [5, 5.41) is 2.86. The number of nitrogens with one attached hydrogen (secondary N) is 1. The highest BCUT2D eigenvalue weighted by molar-refractivity contribution is 9.10. The third kappa shape index (κ3) is 2.93. The lowest BCUT2D eigenvalue weighted by molar-refractivity contribution is 0.102. The normalized spacial score (nSPS) is 10.3. The lowest BCUT2D eigenvalue weighted by Crippen LogP contribution is -2.15. The van der Waals surface area contributed by atoms with Gasteiger partial charge >= 0.3 is 0 Å². The number of nitrogen functional groups attached to an aromatic ring is 1. The van der Waals surface area contributed by atoms with E-state index in [1.54, 1.807) is 12.3 Å². The lowest BCUT2D eigenvalue weighted by atomic mass is 10.1. The zero-order chi connectivity index (χ0) is 14.0. The van der Waals surface area contributed by atoms with Crippen LogP contribution in [0.15, 0.2) is 35.1 Å². The maximum Gasteiger partial charge on any atom is 0.259 e. The Balaban J connectivity index is 2.32. The van der Waals surface area contributed by atoms with Crippen molar-refractivity contribution in [2.75, 3.05) is 11.1 Å². The van der Waals surface area contributed by atoms with Crippen molar-refractivity contribution in [3.05, 3.63) is 51.8 Å². The van der Waals surface area contributed by atoms with Gasteiger partial charge in [-0.25, -0.2) is 0 Å². The topological polar surface area (TPSA) is 68.0 Å². The molecule has 2 aromatic rings. The molecule has 4 nitrogen and oxygen atoms in total. The molecule has 0 aliphatic carbocycles. The van der Waals surface area contributed by atoms with E-state index in [1.807, 2.05) is 26.0 Å². The largest absolute Gasteiger partial charge is 0.398 e. The molecule has 5 heteroatoms. The van der Waals surface area contributed by atoms with Crippen LogP contribution in [0.25, 0.3) is 0 Å². The number of aromatic nitrogens is 1. The van der Waals surface area contributed by atoms with E-state index in [0.29, 0.717) is 11.3 Å². The predicted molar refractivity (Wildman–Crippen MR) is 80.2 cm³/mol. The summed E-state index contributed by atoms with van der Waals surface area (Å²) in [4.78, 5) is 16.1. The SMILES string of the molecule is Cc1cc(C)c(NC(=O)c2cnccc2N)c(Br)c1. The summed E-state index contributed by atoms with van der Waals surface area (Å²) in [5.74, 6) is -0.266. The van der Waals surface area contributed by atoms with E-state index >= 15 is 0 Å². The summed E-state index contributed by atoms with van der Waals surface area (Å²) in [5.41, 5.74) is 9.41. The molecule has 0 atom stereocenters. The van der Waals surface area contributed by atoms with Crippen molar-refractivity contribution in [3.63, 3.8) is 0 Å². The van der Waals surface area contributed by atoms with Crippen molar-refractivity contribution in [3.8, 4) is 0 Å². The number of hydrogen-bond acceptors (Lipinski definition) is 3. The molecule has 1 aromatic heterocycles. The van der Waals surface area contributed by atoms with Crippen molar-refractivity contribution in [2.24, 2.45) is 0 Å². The molecule has 0 saturated heterocycles. The van der Waals surface area contributed by atoms with Gasteiger partial charge in [0.05, 0.1) is 11.3 Å². The molecule has 1 heterocycles. The Kier molecular flexibility index (Phi) is 3.85. The van der Waals surface area contributed by atoms with Crippen molar-refractivity contribution in [1.82, 2.24) is 4.98 Å². The van der Waals surface area contributed by atoms with Crippen molar-refractivity contribution >= 4 is 33.2 Å². The third-order valence-corrected chi connectivity index (χ3v) is 3.40. The summed E-state index contributed by atoms with van der Waals surface area (Å²) >= 11 is 3.46. The summed E-state index contributed by atoms with van der Waals surface area (Å²) < 4.78 is 0.848. The van der Waals surface area contributed by atoms with Crippen LogP contribution in [0.4, 0.5) is 11.4 Å². The van der Waals surface area contributed by atoms with Crippen molar-refractivity contribution < 1.29 is 4.79 Å². The molecule has 1 aromatic carbocycles. The highest BCUT2D eigenvalue weighted by Crippen LogP contribution is 2.28. The first-order chi connectivity index (χ1) is 8.99. The average Bonchev–Trinajstić information content (AvgIpc) is 2.34. The van der Waals surface area contributed by atoms with Gasteiger partial charge in [0.2, 0.25) is 0 Å². The average molecular weight is 320 g/mol. The maximum absolute atomic E-state index is 12.2. The van der Waals surface area contributed by atoms with Gasteiger partial charge in [-0.05, 0) is 53.0 Å². The van der Waals surface area contributed by atoms with E-state index in [9.17, 15) is 4.79 Å². The molecule has 0 bridgehead atoms.